The number of hydrogen-bond acceptors (Lipinski definition) is 3. The number of benzene rings is 1. The lowest BCUT2D eigenvalue weighted by Gasteiger charge is -2.15. The Morgan fingerprint density at radius 3 is 2.28 bits per heavy atom. The second kappa shape index (κ2) is 6.07. The number of ketones is 1. The normalized spacial score (nSPS) is 10.9. The first-order valence-corrected chi connectivity index (χ1v) is 6.06. The van der Waals surface area contributed by atoms with Crippen molar-refractivity contribution in [3.05, 3.63) is 24.3 Å². The molecule has 1 rings (SSSR count). The molecular weight excluding hydrogens is 277 g/mol. The third kappa shape index (κ3) is 3.62. The van der Waals surface area contributed by atoms with Gasteiger partial charge in [0.1, 0.15) is 5.75 Å². The van der Waals surface area contributed by atoms with Crippen LogP contribution in [0.15, 0.2) is 24.3 Å². The van der Waals surface area contributed by atoms with Gasteiger partial charge in [-0.05, 0) is 38.1 Å². The summed E-state index contributed by atoms with van der Waals surface area (Å²) in [6.45, 7) is 3.58. The van der Waals surface area contributed by atoms with E-state index >= 15 is 0 Å². The first kappa shape index (κ1) is 14.8. The summed E-state index contributed by atoms with van der Waals surface area (Å²) >= 11 is 11.3. The summed E-state index contributed by atoms with van der Waals surface area (Å²) in [7, 11) is 0. The van der Waals surface area contributed by atoms with E-state index in [2.05, 4.69) is 5.32 Å². The number of anilines is 1. The molecule has 0 unspecified atom stereocenters. The van der Waals surface area contributed by atoms with Gasteiger partial charge in [0.05, 0.1) is 6.61 Å². The zero-order valence-corrected chi connectivity index (χ0v) is 11.5. The zero-order valence-electron chi connectivity index (χ0n) is 10.00. The molecule has 0 saturated heterocycles. The predicted octanol–water partition coefficient (Wildman–Crippen LogP) is 2.79. The van der Waals surface area contributed by atoms with Crippen molar-refractivity contribution in [2.45, 2.75) is 18.2 Å². The van der Waals surface area contributed by atoms with E-state index in [4.69, 9.17) is 27.9 Å². The lowest BCUT2D eigenvalue weighted by Crippen LogP contribution is -2.38. The van der Waals surface area contributed by atoms with Crippen LogP contribution in [-0.4, -0.2) is 22.6 Å². The Morgan fingerprint density at radius 2 is 1.83 bits per heavy atom. The molecule has 0 radical (unpaired) electrons. The van der Waals surface area contributed by atoms with Gasteiger partial charge in [-0.2, -0.15) is 0 Å². The number of carbonyl (C=O) groups excluding carboxylic acids is 2. The lowest BCUT2D eigenvalue weighted by molar-refractivity contribution is -0.125. The van der Waals surface area contributed by atoms with Gasteiger partial charge >= 0.3 is 0 Å². The fourth-order valence-corrected chi connectivity index (χ4v) is 1.27. The highest BCUT2D eigenvalue weighted by Crippen LogP contribution is 2.25. The molecule has 0 aliphatic carbocycles. The minimum Gasteiger partial charge on any atom is -0.494 e. The summed E-state index contributed by atoms with van der Waals surface area (Å²) in [5.74, 6) is -0.721. The highest BCUT2D eigenvalue weighted by atomic mass is 35.5. The van der Waals surface area contributed by atoms with E-state index in [1.807, 2.05) is 6.92 Å². The Kier molecular flexibility index (Phi) is 4.99. The Morgan fingerprint density at radius 1 is 1.28 bits per heavy atom. The summed E-state index contributed by atoms with van der Waals surface area (Å²) in [6.07, 6.45) is 0. The molecule has 0 atom stereocenters. The molecule has 0 aromatic heterocycles. The number of alkyl halides is 2. The molecule has 1 aromatic rings. The SMILES string of the molecule is CCOc1ccc(NC(=O)C(Cl)(Cl)C(C)=O)cc1. The second-order valence-electron chi connectivity index (χ2n) is 3.54. The van der Waals surface area contributed by atoms with Gasteiger partial charge in [0, 0.05) is 5.69 Å². The topological polar surface area (TPSA) is 55.4 Å². The van der Waals surface area contributed by atoms with Gasteiger partial charge in [-0.3, -0.25) is 9.59 Å². The zero-order chi connectivity index (χ0) is 13.8. The van der Waals surface area contributed by atoms with Crippen LogP contribution >= 0.6 is 23.2 Å². The molecule has 0 saturated carbocycles. The predicted molar refractivity (Wildman–Crippen MR) is 71.4 cm³/mol. The van der Waals surface area contributed by atoms with Crippen LogP contribution in [0.25, 0.3) is 0 Å². The van der Waals surface area contributed by atoms with Crippen molar-refractivity contribution in [3.63, 3.8) is 0 Å². The number of halogens is 2. The largest absolute Gasteiger partial charge is 0.494 e. The number of carbonyl (C=O) groups is 2. The summed E-state index contributed by atoms with van der Waals surface area (Å²) in [6, 6.07) is 6.65. The number of rotatable bonds is 5. The number of ether oxygens (including phenoxy) is 1. The van der Waals surface area contributed by atoms with Crippen LogP contribution in [0.1, 0.15) is 13.8 Å². The standard InChI is InChI=1S/C12H13Cl2NO3/c1-3-18-10-6-4-9(5-7-10)15-11(17)12(13,14)8(2)16/h4-7H,3H2,1-2H3,(H,15,17). The van der Waals surface area contributed by atoms with Gasteiger partial charge < -0.3 is 10.1 Å². The van der Waals surface area contributed by atoms with Gasteiger partial charge in [0.2, 0.25) is 0 Å². The van der Waals surface area contributed by atoms with Crippen LogP contribution in [-0.2, 0) is 9.59 Å². The third-order valence-electron chi connectivity index (χ3n) is 2.15. The molecule has 1 amide bonds. The van der Waals surface area contributed by atoms with E-state index in [-0.39, 0.29) is 0 Å². The lowest BCUT2D eigenvalue weighted by atomic mass is 10.2. The smallest absolute Gasteiger partial charge is 0.268 e. The molecule has 98 valence electrons. The molecule has 4 nitrogen and oxygen atoms in total. The fraction of sp³-hybridized carbons (Fsp3) is 0.333. The highest BCUT2D eigenvalue weighted by molar-refractivity contribution is 6.68. The summed E-state index contributed by atoms with van der Waals surface area (Å²) in [5.41, 5.74) is 0.482. The van der Waals surface area contributed by atoms with Crippen LogP contribution in [0.5, 0.6) is 5.75 Å². The van der Waals surface area contributed by atoms with E-state index < -0.39 is 16.0 Å². The average Bonchev–Trinajstić information content (AvgIpc) is 2.31. The van der Waals surface area contributed by atoms with Gasteiger partial charge in [-0.1, -0.05) is 23.2 Å². The number of hydrogen-bond donors (Lipinski definition) is 1. The van der Waals surface area contributed by atoms with Crippen molar-refractivity contribution in [3.8, 4) is 5.75 Å². The molecule has 0 heterocycles. The van der Waals surface area contributed by atoms with Crippen LogP contribution in [0.3, 0.4) is 0 Å². The molecular formula is C12H13Cl2NO3. The summed E-state index contributed by atoms with van der Waals surface area (Å²) < 4.78 is 3.18. The quantitative estimate of drug-likeness (QED) is 0.670. The minimum absolute atomic E-state index is 0.482. The van der Waals surface area contributed by atoms with Crippen molar-refractivity contribution in [2.75, 3.05) is 11.9 Å². The maximum absolute atomic E-state index is 11.7. The van der Waals surface area contributed by atoms with Crippen LogP contribution in [0.4, 0.5) is 5.69 Å². The number of nitrogens with one attached hydrogen (secondary N) is 1. The van der Waals surface area contributed by atoms with Gasteiger partial charge in [0.15, 0.2) is 5.78 Å². The Bertz CT molecular complexity index is 443. The molecule has 0 fully saturated rings. The van der Waals surface area contributed by atoms with Crippen molar-refractivity contribution in [2.24, 2.45) is 0 Å². The Balaban J connectivity index is 2.73. The van der Waals surface area contributed by atoms with Crippen LogP contribution < -0.4 is 10.1 Å². The molecule has 0 aliphatic rings. The van der Waals surface area contributed by atoms with Gasteiger partial charge in [-0.15, -0.1) is 0 Å². The maximum atomic E-state index is 11.7. The first-order valence-electron chi connectivity index (χ1n) is 5.31. The van der Waals surface area contributed by atoms with Crippen LogP contribution in [0.2, 0.25) is 0 Å². The number of amides is 1. The van der Waals surface area contributed by atoms with E-state index in [1.165, 1.54) is 0 Å². The third-order valence-corrected chi connectivity index (χ3v) is 3.03. The monoisotopic (exact) mass is 289 g/mol. The van der Waals surface area contributed by atoms with E-state index in [9.17, 15) is 9.59 Å². The molecule has 6 heteroatoms. The minimum atomic E-state index is -2.07. The average molecular weight is 290 g/mol. The maximum Gasteiger partial charge on any atom is 0.268 e. The van der Waals surface area contributed by atoms with Crippen molar-refractivity contribution in [1.29, 1.82) is 0 Å². The molecule has 0 spiro atoms. The van der Waals surface area contributed by atoms with Crippen molar-refractivity contribution < 1.29 is 14.3 Å². The fourth-order valence-electron chi connectivity index (χ4n) is 1.17. The second-order valence-corrected chi connectivity index (χ2v) is 4.87. The molecule has 0 bridgehead atoms. The van der Waals surface area contributed by atoms with Crippen molar-refractivity contribution in [1.82, 2.24) is 0 Å². The summed E-state index contributed by atoms with van der Waals surface area (Å²) in [4.78, 5) is 22.8. The number of Topliss-reactive ketones (excluding diaryl/α,β-unsaturated/α-hetero) is 1. The summed E-state index contributed by atoms with van der Waals surface area (Å²) in [5, 5.41) is 2.45. The Labute approximate surface area is 115 Å². The van der Waals surface area contributed by atoms with Crippen molar-refractivity contribution >= 4 is 40.6 Å². The van der Waals surface area contributed by atoms with E-state index in [1.54, 1.807) is 24.3 Å². The highest BCUT2D eigenvalue weighted by Gasteiger charge is 2.39. The van der Waals surface area contributed by atoms with Gasteiger partial charge in [-0.25, -0.2) is 0 Å². The molecule has 1 N–H and O–H groups in total. The molecule has 0 aliphatic heterocycles. The van der Waals surface area contributed by atoms with E-state index in [0.717, 1.165) is 6.92 Å². The molecule has 18 heavy (non-hydrogen) atoms. The first-order chi connectivity index (χ1) is 8.37. The Hall–Kier alpha value is -1.26. The van der Waals surface area contributed by atoms with Crippen LogP contribution in [0, 0.1) is 0 Å². The van der Waals surface area contributed by atoms with E-state index in [0.29, 0.717) is 18.0 Å². The molecule has 1 aromatic carbocycles. The van der Waals surface area contributed by atoms with Gasteiger partial charge in [0.25, 0.3) is 10.2 Å².